The van der Waals surface area contributed by atoms with Crippen LogP contribution in [0, 0.1) is 56.2 Å². The molecule has 8 nitrogen and oxygen atoms in total. The largest absolute Gasteiger partial charge is 0.493 e. The second-order valence-electron chi connectivity index (χ2n) is 9.21. The van der Waals surface area contributed by atoms with Gasteiger partial charge in [-0.3, -0.25) is 5.41 Å². The zero-order valence-electron chi connectivity index (χ0n) is 19.4. The van der Waals surface area contributed by atoms with Crippen LogP contribution in [0.5, 0.6) is 11.5 Å². The maximum absolute atomic E-state index is 10.6. The number of nitriles is 3. The molecule has 3 fully saturated rings. The topological polar surface area (TPSA) is 132 Å². The minimum atomic E-state index is -2.05. The molecule has 5 unspecified atom stereocenters. The van der Waals surface area contributed by atoms with E-state index in [-0.39, 0.29) is 11.8 Å². The van der Waals surface area contributed by atoms with Gasteiger partial charge in [-0.2, -0.15) is 15.8 Å². The van der Waals surface area contributed by atoms with E-state index in [1.54, 1.807) is 18.2 Å². The van der Waals surface area contributed by atoms with Crippen LogP contribution in [-0.4, -0.2) is 25.9 Å². The molecule has 0 amide bonds. The third-order valence-corrected chi connectivity index (χ3v) is 7.90. The summed E-state index contributed by atoms with van der Waals surface area (Å²) in [6, 6.07) is 21.5. The van der Waals surface area contributed by atoms with Gasteiger partial charge >= 0.3 is 0 Å². The first-order valence-corrected chi connectivity index (χ1v) is 11.4. The summed E-state index contributed by atoms with van der Waals surface area (Å²) in [6.45, 7) is 0. The molecule has 1 aliphatic carbocycles. The van der Waals surface area contributed by atoms with E-state index in [0.717, 1.165) is 5.56 Å². The molecule has 2 heterocycles. The van der Waals surface area contributed by atoms with E-state index in [0.29, 0.717) is 36.3 Å². The maximum atomic E-state index is 10.6. The van der Waals surface area contributed by atoms with Gasteiger partial charge < -0.3 is 18.9 Å². The summed E-state index contributed by atoms with van der Waals surface area (Å²) in [6.07, 6.45) is 0.379. The molecule has 0 aromatic heterocycles. The fourth-order valence-corrected chi connectivity index (χ4v) is 6.26. The fourth-order valence-electron chi connectivity index (χ4n) is 6.26. The van der Waals surface area contributed by atoms with E-state index in [9.17, 15) is 15.8 Å². The van der Waals surface area contributed by atoms with Crippen molar-refractivity contribution in [3.05, 3.63) is 59.7 Å². The standard InChI is InChI=1S/C27H24N4O4/c1-32-20-10-6-9-19(22(20)33-2)23-25(14-28,15-29)26(16-30)21-13-18(17-7-4-3-5-8-17)11-12-27(21,34-23)35-24(26)31/h3-10,18,21,23,31H,11-13H2,1-2H3. The van der Waals surface area contributed by atoms with Gasteiger partial charge in [0.05, 0.1) is 38.3 Å². The Bertz CT molecular complexity index is 1290. The molecule has 5 rings (SSSR count). The molecular formula is C27H24N4O4. The summed E-state index contributed by atoms with van der Waals surface area (Å²) in [5.74, 6) is -1.56. The lowest BCUT2D eigenvalue weighted by Gasteiger charge is -2.53. The number of para-hydroxylation sites is 1. The van der Waals surface area contributed by atoms with E-state index in [4.69, 9.17) is 24.4 Å². The summed E-state index contributed by atoms with van der Waals surface area (Å²) in [7, 11) is 2.95. The molecular weight excluding hydrogens is 444 g/mol. The number of ether oxygens (including phenoxy) is 4. The molecule has 5 atom stereocenters. The number of nitrogens with one attached hydrogen (secondary N) is 1. The Morgan fingerprint density at radius 3 is 2.34 bits per heavy atom. The summed E-state index contributed by atoms with van der Waals surface area (Å²) in [4.78, 5) is 0. The molecule has 35 heavy (non-hydrogen) atoms. The normalized spacial score (nSPS) is 32.2. The van der Waals surface area contributed by atoms with E-state index < -0.39 is 28.6 Å². The number of rotatable bonds is 4. The Balaban J connectivity index is 1.71. The minimum absolute atomic E-state index is 0.0816. The van der Waals surface area contributed by atoms with Crippen LogP contribution in [0.1, 0.15) is 42.4 Å². The first-order valence-electron chi connectivity index (χ1n) is 11.4. The van der Waals surface area contributed by atoms with Crippen molar-refractivity contribution in [1.82, 2.24) is 0 Å². The van der Waals surface area contributed by atoms with Crippen molar-refractivity contribution in [2.45, 2.75) is 37.1 Å². The smallest absolute Gasteiger partial charge is 0.217 e. The van der Waals surface area contributed by atoms with Gasteiger partial charge in [0.2, 0.25) is 17.1 Å². The van der Waals surface area contributed by atoms with Gasteiger partial charge in [0.1, 0.15) is 6.10 Å². The molecule has 2 saturated heterocycles. The molecule has 0 radical (unpaired) electrons. The van der Waals surface area contributed by atoms with Crippen molar-refractivity contribution in [3.63, 3.8) is 0 Å². The maximum Gasteiger partial charge on any atom is 0.217 e. The van der Waals surface area contributed by atoms with Gasteiger partial charge in [-0.1, -0.05) is 42.5 Å². The second-order valence-corrected chi connectivity index (χ2v) is 9.21. The highest BCUT2D eigenvalue weighted by molar-refractivity contribution is 5.89. The Morgan fingerprint density at radius 2 is 1.71 bits per heavy atom. The summed E-state index contributed by atoms with van der Waals surface area (Å²) < 4.78 is 23.7. The Kier molecular flexibility index (Phi) is 5.20. The number of methoxy groups -OCH3 is 2. The van der Waals surface area contributed by atoms with E-state index in [2.05, 4.69) is 18.2 Å². The fraction of sp³-hybridized carbons (Fsp3) is 0.407. The third kappa shape index (κ3) is 2.77. The van der Waals surface area contributed by atoms with Gasteiger partial charge in [0, 0.05) is 12.0 Å². The quantitative estimate of drug-likeness (QED) is 0.693. The van der Waals surface area contributed by atoms with Gasteiger partial charge in [-0.25, -0.2) is 0 Å². The van der Waals surface area contributed by atoms with Crippen molar-refractivity contribution >= 4 is 5.90 Å². The van der Waals surface area contributed by atoms with Gasteiger partial charge in [0.15, 0.2) is 16.9 Å². The molecule has 2 aromatic carbocycles. The summed E-state index contributed by atoms with van der Waals surface area (Å²) in [5.41, 5.74) is -2.36. The average Bonchev–Trinajstić information content (AvgIpc) is 3.11. The molecule has 1 saturated carbocycles. The van der Waals surface area contributed by atoms with Crippen LogP contribution < -0.4 is 9.47 Å². The van der Waals surface area contributed by atoms with Crippen molar-refractivity contribution in [3.8, 4) is 29.7 Å². The summed E-state index contributed by atoms with van der Waals surface area (Å²) in [5, 5.41) is 40.5. The molecule has 1 N–H and O–H groups in total. The Labute approximate surface area is 203 Å². The van der Waals surface area contributed by atoms with Crippen LogP contribution in [-0.2, 0) is 9.47 Å². The Hall–Kier alpha value is -4.06. The van der Waals surface area contributed by atoms with Crippen LogP contribution in [0.25, 0.3) is 0 Å². The SMILES string of the molecule is COc1cccc(C2OC34CCC(c5ccccc5)CC3C(C#N)(C(=N)O4)C2(C#N)C#N)c1OC. The Morgan fingerprint density at radius 1 is 0.971 bits per heavy atom. The zero-order chi connectivity index (χ0) is 24.8. The molecule has 2 aromatic rings. The van der Waals surface area contributed by atoms with Crippen LogP contribution in [0.4, 0.5) is 0 Å². The highest BCUT2D eigenvalue weighted by Gasteiger charge is 2.81. The minimum Gasteiger partial charge on any atom is -0.493 e. The first kappa shape index (κ1) is 22.7. The van der Waals surface area contributed by atoms with Crippen LogP contribution in [0.2, 0.25) is 0 Å². The zero-order valence-corrected chi connectivity index (χ0v) is 19.4. The monoisotopic (exact) mass is 468 g/mol. The number of hydrogen-bond donors (Lipinski definition) is 1. The van der Waals surface area contributed by atoms with Crippen molar-refractivity contribution < 1.29 is 18.9 Å². The van der Waals surface area contributed by atoms with E-state index >= 15 is 0 Å². The lowest BCUT2D eigenvalue weighted by Crippen LogP contribution is -2.60. The van der Waals surface area contributed by atoms with Crippen LogP contribution >= 0.6 is 0 Å². The molecule has 176 valence electrons. The highest BCUT2D eigenvalue weighted by Crippen LogP contribution is 2.71. The predicted octanol–water partition coefficient (Wildman–Crippen LogP) is 4.61. The average molecular weight is 469 g/mol. The van der Waals surface area contributed by atoms with Crippen molar-refractivity contribution in [1.29, 1.82) is 21.2 Å². The molecule has 3 aliphatic rings. The molecule has 2 aliphatic heterocycles. The first-order chi connectivity index (χ1) is 17.0. The molecule has 8 heteroatoms. The van der Waals surface area contributed by atoms with E-state index in [1.807, 2.05) is 30.3 Å². The molecule has 0 spiro atoms. The predicted molar refractivity (Wildman–Crippen MR) is 123 cm³/mol. The number of benzene rings is 2. The third-order valence-electron chi connectivity index (χ3n) is 7.90. The van der Waals surface area contributed by atoms with E-state index in [1.165, 1.54) is 14.2 Å². The highest BCUT2D eigenvalue weighted by atomic mass is 16.7. The second kappa shape index (κ2) is 8.01. The van der Waals surface area contributed by atoms with Gasteiger partial charge in [-0.05, 0) is 30.4 Å². The van der Waals surface area contributed by atoms with Crippen LogP contribution in [0.15, 0.2) is 48.5 Å². The number of nitrogens with zero attached hydrogens (tertiary/aromatic N) is 3. The summed E-state index contributed by atoms with van der Waals surface area (Å²) >= 11 is 0. The van der Waals surface area contributed by atoms with Crippen LogP contribution in [0.3, 0.4) is 0 Å². The lowest BCUT2D eigenvalue weighted by atomic mass is 9.50. The van der Waals surface area contributed by atoms with Gasteiger partial charge in [-0.15, -0.1) is 0 Å². The lowest BCUT2D eigenvalue weighted by molar-refractivity contribution is -0.296. The number of hydrogen-bond acceptors (Lipinski definition) is 8. The van der Waals surface area contributed by atoms with Crippen molar-refractivity contribution in [2.75, 3.05) is 14.2 Å². The van der Waals surface area contributed by atoms with Crippen molar-refractivity contribution in [2.24, 2.45) is 16.7 Å². The molecule has 2 bridgehead atoms. The van der Waals surface area contributed by atoms with Gasteiger partial charge in [0.25, 0.3) is 0 Å².